The third-order valence-corrected chi connectivity index (χ3v) is 4.09. The predicted molar refractivity (Wildman–Crippen MR) is 113 cm³/mol. The number of carbonyl (C=O) groups excluding carboxylic acids is 3. The van der Waals surface area contributed by atoms with E-state index in [-0.39, 0.29) is 19.1 Å². The summed E-state index contributed by atoms with van der Waals surface area (Å²) in [5, 5.41) is 0. The van der Waals surface area contributed by atoms with Gasteiger partial charge < -0.3 is 4.74 Å². The molecule has 0 saturated heterocycles. The van der Waals surface area contributed by atoms with Gasteiger partial charge in [0.25, 0.3) is 17.7 Å². The van der Waals surface area contributed by atoms with Gasteiger partial charge in [-0.25, -0.2) is 0 Å². The average molecular weight is 403 g/mol. The average Bonchev–Trinajstić information content (AvgIpc) is 2.79. The molecule has 0 radical (unpaired) electrons. The first kappa shape index (κ1) is 20.8. The lowest BCUT2D eigenvalue weighted by Crippen LogP contribution is -2.43. The summed E-state index contributed by atoms with van der Waals surface area (Å²) in [5.74, 6) is -1.34. The van der Waals surface area contributed by atoms with Crippen molar-refractivity contribution in [1.29, 1.82) is 0 Å². The number of amides is 3. The second-order valence-corrected chi connectivity index (χ2v) is 6.26. The lowest BCUT2D eigenvalue weighted by atomic mass is 10.2. The number of hydrazine groups is 1. The maximum Gasteiger partial charge on any atom is 0.269 e. The molecule has 2 N–H and O–H groups in total. The maximum absolute atomic E-state index is 12.8. The molecular weight excluding hydrogens is 382 g/mol. The maximum atomic E-state index is 12.8. The van der Waals surface area contributed by atoms with Crippen LogP contribution in [0.25, 0.3) is 0 Å². The molecule has 0 fully saturated rings. The molecule has 0 spiro atoms. The van der Waals surface area contributed by atoms with E-state index >= 15 is 0 Å². The number of nitrogens with one attached hydrogen (secondary N) is 2. The SMILES string of the molecule is O=C(COCC(=O)N(c1ccccc1)c1ccccc1)NNC(=O)c1ccccc1. The van der Waals surface area contributed by atoms with Crippen LogP contribution in [0.5, 0.6) is 0 Å². The van der Waals surface area contributed by atoms with E-state index in [9.17, 15) is 14.4 Å². The second kappa shape index (κ2) is 10.5. The molecule has 0 heterocycles. The summed E-state index contributed by atoms with van der Waals surface area (Å²) in [6.07, 6.45) is 0. The van der Waals surface area contributed by atoms with Crippen LogP contribution in [0, 0.1) is 0 Å². The van der Waals surface area contributed by atoms with Gasteiger partial charge in [0.2, 0.25) is 0 Å². The minimum atomic E-state index is -0.571. The molecule has 0 unspecified atom stereocenters. The Kier molecular flexibility index (Phi) is 7.29. The number of rotatable bonds is 7. The number of benzene rings is 3. The van der Waals surface area contributed by atoms with Crippen LogP contribution in [-0.2, 0) is 14.3 Å². The Hall–Kier alpha value is -3.97. The highest BCUT2D eigenvalue weighted by Gasteiger charge is 2.18. The molecule has 0 saturated carbocycles. The van der Waals surface area contributed by atoms with Crippen LogP contribution in [0.15, 0.2) is 91.0 Å². The lowest BCUT2D eigenvalue weighted by molar-refractivity contribution is -0.129. The first-order chi connectivity index (χ1) is 14.6. The fraction of sp³-hybridized carbons (Fsp3) is 0.0870. The zero-order chi connectivity index (χ0) is 21.2. The molecule has 0 aliphatic carbocycles. The molecule has 0 bridgehead atoms. The van der Waals surface area contributed by atoms with E-state index in [0.29, 0.717) is 16.9 Å². The van der Waals surface area contributed by atoms with Gasteiger partial charge in [0, 0.05) is 16.9 Å². The fourth-order valence-electron chi connectivity index (χ4n) is 2.71. The molecule has 0 atom stereocenters. The van der Waals surface area contributed by atoms with Gasteiger partial charge >= 0.3 is 0 Å². The van der Waals surface area contributed by atoms with Crippen molar-refractivity contribution in [3.63, 3.8) is 0 Å². The number of nitrogens with zero attached hydrogens (tertiary/aromatic N) is 1. The van der Waals surface area contributed by atoms with Gasteiger partial charge in [-0.05, 0) is 36.4 Å². The lowest BCUT2D eigenvalue weighted by Gasteiger charge is -2.23. The number of carbonyl (C=O) groups is 3. The van der Waals surface area contributed by atoms with Crippen molar-refractivity contribution in [3.8, 4) is 0 Å². The topological polar surface area (TPSA) is 87.7 Å². The van der Waals surface area contributed by atoms with Crippen LogP contribution < -0.4 is 15.8 Å². The molecule has 3 amide bonds. The Bertz CT molecular complexity index is 940. The molecule has 152 valence electrons. The Labute approximate surface area is 174 Å². The number of hydrogen-bond acceptors (Lipinski definition) is 4. The molecule has 7 heteroatoms. The van der Waals surface area contributed by atoms with Crippen LogP contribution in [-0.4, -0.2) is 30.9 Å². The summed E-state index contributed by atoms with van der Waals surface area (Å²) >= 11 is 0. The molecule has 3 aromatic rings. The smallest absolute Gasteiger partial charge is 0.269 e. The van der Waals surface area contributed by atoms with Crippen LogP contribution in [0.4, 0.5) is 11.4 Å². The van der Waals surface area contributed by atoms with Gasteiger partial charge in [-0.3, -0.25) is 30.1 Å². The Morgan fingerprint density at radius 2 is 1.17 bits per heavy atom. The van der Waals surface area contributed by atoms with E-state index in [1.165, 1.54) is 4.90 Å². The molecule has 0 aliphatic heterocycles. The van der Waals surface area contributed by atoms with Gasteiger partial charge in [0.05, 0.1) is 0 Å². The number of hydrogen-bond donors (Lipinski definition) is 2. The first-order valence-corrected chi connectivity index (χ1v) is 9.30. The van der Waals surface area contributed by atoms with Gasteiger partial charge in [0.1, 0.15) is 13.2 Å². The number of para-hydroxylation sites is 2. The monoisotopic (exact) mass is 403 g/mol. The fourth-order valence-corrected chi connectivity index (χ4v) is 2.71. The van der Waals surface area contributed by atoms with E-state index in [0.717, 1.165) is 0 Å². The highest BCUT2D eigenvalue weighted by molar-refractivity contribution is 6.01. The summed E-state index contributed by atoms with van der Waals surface area (Å²) < 4.78 is 5.26. The summed E-state index contributed by atoms with van der Waals surface area (Å²) in [6, 6.07) is 26.8. The van der Waals surface area contributed by atoms with Gasteiger partial charge in [-0.1, -0.05) is 54.6 Å². The van der Waals surface area contributed by atoms with Crippen molar-refractivity contribution in [1.82, 2.24) is 10.9 Å². The molecule has 3 rings (SSSR count). The predicted octanol–water partition coefficient (Wildman–Crippen LogP) is 2.83. The number of ether oxygens (including phenoxy) is 1. The second-order valence-electron chi connectivity index (χ2n) is 6.26. The standard InChI is InChI=1S/C23H21N3O4/c27-21(24-25-23(29)18-10-4-1-5-11-18)16-30-17-22(28)26(19-12-6-2-7-13-19)20-14-8-3-9-15-20/h1-15H,16-17H2,(H,24,27)(H,25,29). The summed E-state index contributed by atoms with van der Waals surface area (Å²) in [7, 11) is 0. The Morgan fingerprint density at radius 3 is 1.70 bits per heavy atom. The normalized spacial score (nSPS) is 10.1. The Morgan fingerprint density at radius 1 is 0.667 bits per heavy atom. The van der Waals surface area contributed by atoms with Crippen LogP contribution in [0.3, 0.4) is 0 Å². The van der Waals surface area contributed by atoms with E-state index in [1.54, 1.807) is 30.3 Å². The van der Waals surface area contributed by atoms with Gasteiger partial charge in [0.15, 0.2) is 0 Å². The zero-order valence-corrected chi connectivity index (χ0v) is 16.2. The molecular formula is C23H21N3O4. The van der Waals surface area contributed by atoms with Crippen LogP contribution >= 0.6 is 0 Å². The van der Waals surface area contributed by atoms with Crippen molar-refractivity contribution < 1.29 is 19.1 Å². The molecule has 30 heavy (non-hydrogen) atoms. The number of anilines is 2. The zero-order valence-electron chi connectivity index (χ0n) is 16.2. The van der Waals surface area contributed by atoms with Crippen molar-refractivity contribution in [2.75, 3.05) is 18.1 Å². The highest BCUT2D eigenvalue weighted by Crippen LogP contribution is 2.24. The van der Waals surface area contributed by atoms with Crippen LogP contribution in [0.2, 0.25) is 0 Å². The largest absolute Gasteiger partial charge is 0.362 e. The summed E-state index contributed by atoms with van der Waals surface area (Å²) in [6.45, 7) is -0.679. The molecule has 3 aromatic carbocycles. The van der Waals surface area contributed by atoms with E-state index in [4.69, 9.17) is 4.74 Å². The minimum Gasteiger partial charge on any atom is -0.362 e. The van der Waals surface area contributed by atoms with Crippen LogP contribution in [0.1, 0.15) is 10.4 Å². The third kappa shape index (κ3) is 5.76. The van der Waals surface area contributed by atoms with Gasteiger partial charge in [-0.15, -0.1) is 0 Å². The van der Waals surface area contributed by atoms with Crippen molar-refractivity contribution in [2.45, 2.75) is 0 Å². The quantitative estimate of drug-likeness (QED) is 0.594. The van der Waals surface area contributed by atoms with E-state index in [2.05, 4.69) is 10.9 Å². The highest BCUT2D eigenvalue weighted by atomic mass is 16.5. The van der Waals surface area contributed by atoms with Gasteiger partial charge in [-0.2, -0.15) is 0 Å². The van der Waals surface area contributed by atoms with Crippen molar-refractivity contribution in [3.05, 3.63) is 96.6 Å². The first-order valence-electron chi connectivity index (χ1n) is 9.30. The van der Waals surface area contributed by atoms with E-state index in [1.807, 2.05) is 60.7 Å². The Balaban J connectivity index is 1.52. The van der Waals surface area contributed by atoms with Crippen molar-refractivity contribution in [2.24, 2.45) is 0 Å². The summed E-state index contributed by atoms with van der Waals surface area (Å²) in [5.41, 5.74) is 6.35. The minimum absolute atomic E-state index is 0.302. The molecule has 0 aliphatic rings. The third-order valence-electron chi connectivity index (χ3n) is 4.09. The van der Waals surface area contributed by atoms with E-state index < -0.39 is 11.8 Å². The molecule has 7 nitrogen and oxygen atoms in total. The summed E-state index contributed by atoms with van der Waals surface area (Å²) in [4.78, 5) is 38.1. The molecule has 0 aromatic heterocycles. The van der Waals surface area contributed by atoms with Crippen molar-refractivity contribution >= 4 is 29.1 Å².